The fourth-order valence-corrected chi connectivity index (χ4v) is 2.95. The largest absolute Gasteiger partial charge is 1.00 e. The quantitative estimate of drug-likeness (QED) is 0.413. The first-order valence-corrected chi connectivity index (χ1v) is 12.1. The third-order valence-electron chi connectivity index (χ3n) is 4.73. The van der Waals surface area contributed by atoms with E-state index in [1.54, 1.807) is 38.3 Å². The molecular formula is C29H41Cl2NO2Ti-2. The molecule has 0 aliphatic rings. The van der Waals surface area contributed by atoms with Gasteiger partial charge in [-0.15, -0.1) is 0 Å². The average molecular weight is 554 g/mol. The monoisotopic (exact) mass is 553 g/mol. The molecule has 0 spiro atoms. The number of nitrogens with zero attached hydrogens (tertiary/aromatic N) is 1. The summed E-state index contributed by atoms with van der Waals surface area (Å²) >= 11 is 1.75. The molecule has 35 heavy (non-hydrogen) atoms. The van der Waals surface area contributed by atoms with Crippen LogP contribution < -0.4 is 24.8 Å². The van der Waals surface area contributed by atoms with Gasteiger partial charge in [0.1, 0.15) is 11.5 Å². The Morgan fingerprint density at radius 1 is 0.657 bits per heavy atom. The molecule has 2 N–H and O–H groups in total. The molecular weight excluding hydrogens is 513 g/mol. The Kier molecular flexibility index (Phi) is 19.2. The third-order valence-corrected chi connectivity index (χ3v) is 4.73. The Hall–Kier alpha value is -1.65. The maximum absolute atomic E-state index is 9.57. The number of pyridine rings is 1. The molecule has 3 aromatic rings. The summed E-state index contributed by atoms with van der Waals surface area (Å²) < 4.78 is 0. The maximum atomic E-state index is 9.57. The molecule has 0 radical (unpaired) electrons. The number of hydrogen-bond donors (Lipinski definition) is 2. The van der Waals surface area contributed by atoms with Crippen LogP contribution in [0.4, 0.5) is 0 Å². The predicted octanol–water partition coefficient (Wildman–Crippen LogP) is 1.36. The fraction of sp³-hybridized carbons (Fsp3) is 0.379. The van der Waals surface area contributed by atoms with Gasteiger partial charge in [0.05, 0.1) is 0 Å². The third kappa shape index (κ3) is 15.2. The van der Waals surface area contributed by atoms with Crippen molar-refractivity contribution in [1.29, 1.82) is 0 Å². The normalized spacial score (nSPS) is 9.83. The van der Waals surface area contributed by atoms with E-state index < -0.39 is 0 Å². The van der Waals surface area contributed by atoms with Crippen molar-refractivity contribution in [2.24, 2.45) is 0 Å². The molecule has 2 aromatic carbocycles. The summed E-state index contributed by atoms with van der Waals surface area (Å²) in [6.45, 7) is 18.7. The molecule has 3 rings (SSSR count). The van der Waals surface area contributed by atoms with Crippen LogP contribution in [0.5, 0.6) is 11.5 Å². The van der Waals surface area contributed by atoms with Crippen LogP contribution in [-0.2, 0) is 30.8 Å². The number of hydrogen-bond acceptors (Lipinski definition) is 3. The standard InChI is InChI=1S/2C11H16O.C6H7N.CH2.2ClH.Ti/c2*1-8-5-6-10(12)9(7-8)11(2,3)4;1-6-3-2-4-7-5-6;;;;/h2*5-7,12H,1-4H3;2-5H,1H3;1H2;2*1H;/p-2. The first kappa shape index (κ1) is 37.9. The molecule has 0 saturated carbocycles. The van der Waals surface area contributed by atoms with Crippen molar-refractivity contribution in [2.45, 2.75) is 73.1 Å². The van der Waals surface area contributed by atoms with Crippen molar-refractivity contribution in [3.8, 4) is 11.5 Å². The van der Waals surface area contributed by atoms with E-state index in [0.29, 0.717) is 11.5 Å². The molecule has 0 bridgehead atoms. The van der Waals surface area contributed by atoms with Crippen LogP contribution in [0.1, 0.15) is 69.4 Å². The zero-order chi connectivity index (χ0) is 25.8. The van der Waals surface area contributed by atoms with Crippen LogP contribution in [0.2, 0.25) is 0 Å². The van der Waals surface area contributed by atoms with Gasteiger partial charge in [-0.1, -0.05) is 83.0 Å². The van der Waals surface area contributed by atoms with E-state index in [-0.39, 0.29) is 35.6 Å². The molecule has 1 heterocycles. The molecule has 0 amide bonds. The molecule has 0 atom stereocenters. The first-order valence-electron chi connectivity index (χ1n) is 11.0. The van der Waals surface area contributed by atoms with E-state index >= 15 is 0 Å². The molecule has 3 nitrogen and oxygen atoms in total. The van der Waals surface area contributed by atoms with Crippen LogP contribution in [-0.4, -0.2) is 20.0 Å². The van der Waals surface area contributed by atoms with Crippen LogP contribution in [0.15, 0.2) is 60.9 Å². The van der Waals surface area contributed by atoms with E-state index in [1.165, 1.54) is 16.7 Å². The van der Waals surface area contributed by atoms with Crippen molar-refractivity contribution >= 4 is 4.82 Å². The summed E-state index contributed by atoms with van der Waals surface area (Å²) in [7, 11) is 0. The van der Waals surface area contributed by atoms with Crippen LogP contribution in [0.25, 0.3) is 0 Å². The topological polar surface area (TPSA) is 53.4 Å². The minimum atomic E-state index is 0. The second-order valence-corrected chi connectivity index (χ2v) is 10.1. The number of aromatic nitrogens is 1. The molecule has 0 aliphatic carbocycles. The van der Waals surface area contributed by atoms with E-state index in [1.807, 2.05) is 63.4 Å². The van der Waals surface area contributed by atoms with Crippen LogP contribution in [0, 0.1) is 20.8 Å². The summed E-state index contributed by atoms with van der Waals surface area (Å²) in [6, 6.07) is 15.4. The number of aryl methyl sites for hydroxylation is 3. The average Bonchev–Trinajstić information content (AvgIpc) is 2.73. The molecule has 0 fully saturated rings. The van der Waals surface area contributed by atoms with Gasteiger partial charge in [-0.2, -0.15) is 0 Å². The smallest absolute Gasteiger partial charge is 1.00 e. The second kappa shape index (κ2) is 17.7. The summed E-state index contributed by atoms with van der Waals surface area (Å²) in [4.78, 5) is 7.13. The Morgan fingerprint density at radius 2 is 1.03 bits per heavy atom. The molecule has 194 valence electrons. The van der Waals surface area contributed by atoms with Gasteiger partial charge >= 0.3 is 24.8 Å². The molecule has 6 heteroatoms. The minimum absolute atomic E-state index is 0. The number of rotatable bonds is 0. The van der Waals surface area contributed by atoms with Crippen LogP contribution in [0.3, 0.4) is 0 Å². The number of phenols is 2. The summed E-state index contributed by atoms with van der Waals surface area (Å²) in [6.07, 6.45) is 3.60. The maximum Gasteiger partial charge on any atom is -1.00 e. The van der Waals surface area contributed by atoms with Crippen molar-refractivity contribution in [3.05, 3.63) is 88.7 Å². The molecule has 0 unspecified atom stereocenters. The number of halogens is 2. The fourth-order valence-electron chi connectivity index (χ4n) is 2.95. The Balaban J connectivity index is -0.000000424. The Bertz CT molecular complexity index is 921. The summed E-state index contributed by atoms with van der Waals surface area (Å²) in [5.74, 6) is 0.793. The molecule has 1 aromatic heterocycles. The number of benzene rings is 2. The van der Waals surface area contributed by atoms with Gasteiger partial charge < -0.3 is 35.0 Å². The zero-order valence-corrected chi connectivity index (χ0v) is 25.7. The summed E-state index contributed by atoms with van der Waals surface area (Å²) in [5, 5.41) is 19.1. The van der Waals surface area contributed by atoms with E-state index in [9.17, 15) is 10.2 Å². The number of aromatic hydroxyl groups is 2. The van der Waals surface area contributed by atoms with Crippen molar-refractivity contribution in [2.75, 3.05) is 0 Å². The first-order chi connectivity index (χ1) is 15.2. The second-order valence-electron chi connectivity index (χ2n) is 10.1. The van der Waals surface area contributed by atoms with Crippen molar-refractivity contribution < 1.29 is 55.0 Å². The molecule has 0 aliphatic heterocycles. The van der Waals surface area contributed by atoms with Gasteiger partial charge in [0.2, 0.25) is 0 Å². The minimum Gasteiger partial charge on any atom is -1.00 e. The van der Waals surface area contributed by atoms with E-state index in [0.717, 1.165) is 11.1 Å². The SMILES string of the molecule is Cc1ccc(O)c(C(C)(C)C)c1.Cc1ccc(O)c(C(C)(C)C)c1.Cc1cccnc1.[CH2]=[Ti].[Cl-].[Cl-]. The van der Waals surface area contributed by atoms with Gasteiger partial charge in [0.15, 0.2) is 0 Å². The van der Waals surface area contributed by atoms with Crippen molar-refractivity contribution in [3.63, 3.8) is 0 Å². The van der Waals surface area contributed by atoms with Gasteiger partial charge in [-0.05, 0) is 66.5 Å². The van der Waals surface area contributed by atoms with Crippen molar-refractivity contribution in [1.82, 2.24) is 4.98 Å². The van der Waals surface area contributed by atoms with E-state index in [2.05, 4.69) is 51.3 Å². The van der Waals surface area contributed by atoms with Crippen LogP contribution >= 0.6 is 0 Å². The number of phenolic OH excluding ortho intramolecular Hbond substituents is 2. The molecule has 0 saturated heterocycles. The Labute approximate surface area is 237 Å². The Morgan fingerprint density at radius 3 is 1.23 bits per heavy atom. The summed E-state index contributed by atoms with van der Waals surface area (Å²) in [5.41, 5.74) is 5.68. The predicted molar refractivity (Wildman–Crippen MR) is 139 cm³/mol. The van der Waals surface area contributed by atoms with Gasteiger partial charge in [-0.25, -0.2) is 0 Å². The van der Waals surface area contributed by atoms with Gasteiger partial charge in [-0.3, -0.25) is 4.98 Å². The van der Waals surface area contributed by atoms with Gasteiger partial charge in [0, 0.05) is 12.4 Å². The van der Waals surface area contributed by atoms with Gasteiger partial charge in [0.25, 0.3) is 0 Å². The van der Waals surface area contributed by atoms with E-state index in [4.69, 9.17) is 0 Å². The zero-order valence-electron chi connectivity index (χ0n) is 22.6.